The van der Waals surface area contributed by atoms with Gasteiger partial charge in [0, 0.05) is 24.5 Å². The van der Waals surface area contributed by atoms with E-state index < -0.39 is 10.0 Å². The minimum atomic E-state index is -3.47. The summed E-state index contributed by atoms with van der Waals surface area (Å²) < 4.78 is 29.1. The number of aromatic nitrogens is 1. The van der Waals surface area contributed by atoms with Crippen LogP contribution in [-0.4, -0.2) is 24.1 Å². The molecule has 108 valence electrons. The fourth-order valence-corrected chi connectivity index (χ4v) is 4.05. The zero-order valence-corrected chi connectivity index (χ0v) is 12.3. The van der Waals surface area contributed by atoms with Gasteiger partial charge in [-0.3, -0.25) is 0 Å². The smallest absolute Gasteiger partial charge is 0.242 e. The van der Waals surface area contributed by atoms with Crippen molar-refractivity contribution in [2.24, 2.45) is 5.92 Å². The first kappa shape index (κ1) is 14.6. The number of nitrogens with zero attached hydrogens (tertiary/aromatic N) is 1. The van der Waals surface area contributed by atoms with Gasteiger partial charge in [0.15, 0.2) is 0 Å². The molecule has 1 saturated carbocycles. The summed E-state index contributed by atoms with van der Waals surface area (Å²) in [5, 5.41) is 9.21. The molecule has 1 aromatic heterocycles. The Balaban J connectivity index is 2.17. The summed E-state index contributed by atoms with van der Waals surface area (Å²) in [5.74, 6) is 0.584. The van der Waals surface area contributed by atoms with E-state index in [-0.39, 0.29) is 17.5 Å². The maximum Gasteiger partial charge on any atom is 0.242 e. The van der Waals surface area contributed by atoms with Gasteiger partial charge >= 0.3 is 0 Å². The molecule has 0 spiro atoms. The van der Waals surface area contributed by atoms with Crippen LogP contribution in [0.2, 0.25) is 0 Å². The van der Waals surface area contributed by atoms with Gasteiger partial charge in [0.05, 0.1) is 11.5 Å². The molecule has 19 heavy (non-hydrogen) atoms. The van der Waals surface area contributed by atoms with Gasteiger partial charge < -0.3 is 9.67 Å². The number of sulfonamides is 1. The molecule has 0 amide bonds. The van der Waals surface area contributed by atoms with E-state index in [4.69, 9.17) is 0 Å². The Hall–Kier alpha value is -0.850. The molecule has 0 bridgehead atoms. The highest BCUT2D eigenvalue weighted by Crippen LogP contribution is 2.26. The highest BCUT2D eigenvalue weighted by molar-refractivity contribution is 7.89. The van der Waals surface area contributed by atoms with Crippen LogP contribution in [0.3, 0.4) is 0 Å². The van der Waals surface area contributed by atoms with Crippen LogP contribution in [0.25, 0.3) is 0 Å². The second-order valence-electron chi connectivity index (χ2n) is 5.35. The quantitative estimate of drug-likeness (QED) is 0.861. The summed E-state index contributed by atoms with van der Waals surface area (Å²) >= 11 is 0. The topological polar surface area (TPSA) is 71.3 Å². The number of aryl methyl sites for hydroxylation is 1. The SMILES string of the molecule is CCn1cc(S(=O)(=O)NC2CCC(C)C2)cc1CO. The van der Waals surface area contributed by atoms with Gasteiger partial charge in [-0.2, -0.15) is 0 Å². The lowest BCUT2D eigenvalue weighted by molar-refractivity contribution is 0.271. The Morgan fingerprint density at radius 1 is 1.47 bits per heavy atom. The van der Waals surface area contributed by atoms with Gasteiger partial charge in [0.2, 0.25) is 10.0 Å². The van der Waals surface area contributed by atoms with Crippen molar-refractivity contribution in [1.82, 2.24) is 9.29 Å². The van der Waals surface area contributed by atoms with E-state index >= 15 is 0 Å². The molecule has 5 nitrogen and oxygen atoms in total. The van der Waals surface area contributed by atoms with E-state index in [0.29, 0.717) is 18.2 Å². The molecule has 2 unspecified atom stereocenters. The maximum atomic E-state index is 12.3. The van der Waals surface area contributed by atoms with Crippen molar-refractivity contribution in [2.45, 2.75) is 57.2 Å². The third-order valence-corrected chi connectivity index (χ3v) is 5.28. The third-order valence-electron chi connectivity index (χ3n) is 3.79. The van der Waals surface area contributed by atoms with Gasteiger partial charge in [-0.15, -0.1) is 0 Å². The highest BCUT2D eigenvalue weighted by Gasteiger charge is 2.27. The lowest BCUT2D eigenvalue weighted by atomic mass is 10.1. The summed E-state index contributed by atoms with van der Waals surface area (Å²) in [7, 11) is -3.47. The second kappa shape index (κ2) is 5.64. The summed E-state index contributed by atoms with van der Waals surface area (Å²) in [6.07, 6.45) is 4.47. The highest BCUT2D eigenvalue weighted by atomic mass is 32.2. The van der Waals surface area contributed by atoms with Crippen molar-refractivity contribution in [3.05, 3.63) is 18.0 Å². The predicted octanol–water partition coefficient (Wildman–Crippen LogP) is 1.47. The summed E-state index contributed by atoms with van der Waals surface area (Å²) in [4.78, 5) is 0.248. The Bertz CT molecular complexity index is 515. The van der Waals surface area contributed by atoms with Crippen molar-refractivity contribution in [3.63, 3.8) is 0 Å². The first-order valence-electron chi connectivity index (χ1n) is 6.78. The number of hydrogen-bond acceptors (Lipinski definition) is 3. The van der Waals surface area contributed by atoms with E-state index in [0.717, 1.165) is 19.3 Å². The molecule has 6 heteroatoms. The molecule has 1 heterocycles. The third kappa shape index (κ3) is 3.19. The average Bonchev–Trinajstić information content (AvgIpc) is 2.94. The number of hydrogen-bond donors (Lipinski definition) is 2. The number of aliphatic hydroxyl groups excluding tert-OH is 1. The minimum absolute atomic E-state index is 0.0440. The second-order valence-corrected chi connectivity index (χ2v) is 7.06. The van der Waals surface area contributed by atoms with E-state index in [2.05, 4.69) is 11.6 Å². The van der Waals surface area contributed by atoms with Gasteiger partial charge in [-0.1, -0.05) is 6.92 Å². The van der Waals surface area contributed by atoms with Crippen LogP contribution in [0.15, 0.2) is 17.2 Å². The molecule has 1 aliphatic rings. The Morgan fingerprint density at radius 3 is 2.68 bits per heavy atom. The van der Waals surface area contributed by atoms with Crippen LogP contribution in [0, 0.1) is 5.92 Å². The standard InChI is InChI=1S/C13H22N2O3S/c1-3-15-8-13(7-12(15)9-16)19(17,18)14-11-5-4-10(2)6-11/h7-8,10-11,14,16H,3-6,9H2,1-2H3. The van der Waals surface area contributed by atoms with Crippen molar-refractivity contribution >= 4 is 10.0 Å². The number of rotatable bonds is 5. The largest absolute Gasteiger partial charge is 0.390 e. The molecule has 0 aliphatic heterocycles. The molecule has 2 N–H and O–H groups in total. The van der Waals surface area contributed by atoms with Gasteiger partial charge in [0.1, 0.15) is 0 Å². The number of nitrogens with one attached hydrogen (secondary N) is 1. The molecule has 0 radical (unpaired) electrons. The summed E-state index contributed by atoms with van der Waals surface area (Å²) in [6.45, 7) is 4.56. The van der Waals surface area contributed by atoms with Crippen molar-refractivity contribution in [1.29, 1.82) is 0 Å². The molecular weight excluding hydrogens is 264 g/mol. The molecule has 1 aliphatic carbocycles. The molecule has 2 rings (SSSR count). The normalized spacial score (nSPS) is 23.9. The molecule has 1 fully saturated rings. The fraction of sp³-hybridized carbons (Fsp3) is 0.692. The van der Waals surface area contributed by atoms with Crippen molar-refractivity contribution < 1.29 is 13.5 Å². The van der Waals surface area contributed by atoms with Gasteiger partial charge in [-0.05, 0) is 38.2 Å². The monoisotopic (exact) mass is 286 g/mol. The van der Waals surface area contributed by atoms with E-state index in [9.17, 15) is 13.5 Å². The first-order valence-corrected chi connectivity index (χ1v) is 8.26. The molecule has 0 saturated heterocycles. The predicted molar refractivity (Wildman–Crippen MR) is 73.2 cm³/mol. The van der Waals surface area contributed by atoms with E-state index in [1.807, 2.05) is 6.92 Å². The molecular formula is C13H22N2O3S. The van der Waals surface area contributed by atoms with Gasteiger partial charge in [0.25, 0.3) is 0 Å². The fourth-order valence-electron chi connectivity index (χ4n) is 2.70. The van der Waals surface area contributed by atoms with Crippen LogP contribution in [0.5, 0.6) is 0 Å². The van der Waals surface area contributed by atoms with E-state index in [1.165, 1.54) is 0 Å². The molecule has 0 aromatic carbocycles. The Labute approximate surface area is 114 Å². The van der Waals surface area contributed by atoms with E-state index in [1.54, 1.807) is 16.8 Å². The van der Waals surface area contributed by atoms with Crippen LogP contribution < -0.4 is 4.72 Å². The Morgan fingerprint density at radius 2 is 2.21 bits per heavy atom. The molecule has 2 atom stereocenters. The summed E-state index contributed by atoms with van der Waals surface area (Å²) in [6, 6.07) is 1.59. The number of aliphatic hydroxyl groups is 1. The minimum Gasteiger partial charge on any atom is -0.390 e. The van der Waals surface area contributed by atoms with Crippen molar-refractivity contribution in [2.75, 3.05) is 0 Å². The lowest BCUT2D eigenvalue weighted by Gasteiger charge is -2.11. The van der Waals surface area contributed by atoms with Gasteiger partial charge in [-0.25, -0.2) is 13.1 Å². The zero-order chi connectivity index (χ0) is 14.0. The van der Waals surface area contributed by atoms with Crippen LogP contribution >= 0.6 is 0 Å². The molecule has 1 aromatic rings. The van der Waals surface area contributed by atoms with Crippen LogP contribution in [0.1, 0.15) is 38.8 Å². The first-order chi connectivity index (χ1) is 8.96. The van der Waals surface area contributed by atoms with Crippen LogP contribution in [-0.2, 0) is 23.2 Å². The Kier molecular flexibility index (Phi) is 4.32. The van der Waals surface area contributed by atoms with Crippen LogP contribution in [0.4, 0.5) is 0 Å². The lowest BCUT2D eigenvalue weighted by Crippen LogP contribution is -2.32. The van der Waals surface area contributed by atoms with Crippen molar-refractivity contribution in [3.8, 4) is 0 Å². The average molecular weight is 286 g/mol. The summed E-state index contributed by atoms with van der Waals surface area (Å²) in [5.41, 5.74) is 0.627. The zero-order valence-electron chi connectivity index (χ0n) is 11.5. The maximum absolute atomic E-state index is 12.3.